The van der Waals surface area contributed by atoms with Gasteiger partial charge in [0.05, 0.1) is 28.8 Å². The highest BCUT2D eigenvalue weighted by Gasteiger charge is 2.23. The van der Waals surface area contributed by atoms with Gasteiger partial charge in [-0.05, 0) is 26.0 Å². The third-order valence-electron chi connectivity index (χ3n) is 2.76. The summed E-state index contributed by atoms with van der Waals surface area (Å²) in [5, 5.41) is 4.70. The average Bonchev–Trinajstić information content (AvgIpc) is 2.75. The Kier molecular flexibility index (Phi) is 4.14. The van der Waals surface area contributed by atoms with Crippen LogP contribution in [0.1, 0.15) is 37.3 Å². The fraction of sp³-hybridized carbons (Fsp3) is 0.333. The van der Waals surface area contributed by atoms with Crippen LogP contribution < -0.4 is 11.3 Å². The number of hydrogen-bond donors (Lipinski definition) is 2. The maximum absolute atomic E-state index is 12.9. The number of hydrazine groups is 1. The van der Waals surface area contributed by atoms with Crippen molar-refractivity contribution in [1.82, 2.24) is 20.2 Å². The molecule has 19 heavy (non-hydrogen) atoms. The molecule has 0 aliphatic rings. The molecule has 2 rings (SSSR count). The summed E-state index contributed by atoms with van der Waals surface area (Å²) in [6.45, 7) is 3.97. The number of pyridine rings is 1. The zero-order valence-corrected chi connectivity index (χ0v) is 11.4. The van der Waals surface area contributed by atoms with Crippen molar-refractivity contribution in [2.24, 2.45) is 5.84 Å². The Morgan fingerprint density at radius 3 is 2.63 bits per heavy atom. The third-order valence-corrected chi connectivity index (χ3v) is 3.05. The van der Waals surface area contributed by atoms with Gasteiger partial charge in [0.2, 0.25) is 0 Å². The summed E-state index contributed by atoms with van der Waals surface area (Å²) in [6, 6.07) is 2.57. The molecule has 0 fully saturated rings. The molecule has 0 spiro atoms. The van der Waals surface area contributed by atoms with E-state index in [1.165, 1.54) is 6.07 Å². The molecule has 3 N–H and O–H groups in total. The summed E-state index contributed by atoms with van der Waals surface area (Å²) in [5.41, 5.74) is 3.93. The highest BCUT2D eigenvalue weighted by atomic mass is 35.5. The Bertz CT molecular complexity index is 552. The van der Waals surface area contributed by atoms with Crippen LogP contribution in [0, 0.1) is 5.82 Å². The van der Waals surface area contributed by atoms with Gasteiger partial charge in [-0.1, -0.05) is 11.6 Å². The first-order chi connectivity index (χ1) is 9.04. The number of nitrogens with zero attached hydrogens (tertiary/aromatic N) is 3. The molecule has 0 saturated carbocycles. The molecule has 0 aromatic carbocycles. The second-order valence-electron chi connectivity index (χ2n) is 4.42. The first kappa shape index (κ1) is 13.9. The quantitative estimate of drug-likeness (QED) is 0.667. The predicted molar refractivity (Wildman–Crippen MR) is 71.0 cm³/mol. The van der Waals surface area contributed by atoms with E-state index in [1.54, 1.807) is 16.9 Å². The van der Waals surface area contributed by atoms with Gasteiger partial charge in [-0.2, -0.15) is 5.10 Å². The summed E-state index contributed by atoms with van der Waals surface area (Å²) in [4.78, 5) is 4.03. The maximum Gasteiger partial charge on any atom is 0.141 e. The van der Waals surface area contributed by atoms with Crippen molar-refractivity contribution in [3.05, 3.63) is 46.8 Å². The predicted octanol–water partition coefficient (Wildman–Crippen LogP) is 2.20. The van der Waals surface area contributed by atoms with E-state index in [4.69, 9.17) is 17.4 Å². The first-order valence-electron chi connectivity index (χ1n) is 5.85. The molecule has 5 nitrogen and oxygen atoms in total. The molecule has 0 aliphatic heterocycles. The van der Waals surface area contributed by atoms with E-state index in [0.717, 1.165) is 6.20 Å². The fourth-order valence-corrected chi connectivity index (χ4v) is 2.13. The van der Waals surface area contributed by atoms with Crippen LogP contribution in [0.25, 0.3) is 0 Å². The molecular weight excluding hydrogens is 269 g/mol. The van der Waals surface area contributed by atoms with E-state index >= 15 is 0 Å². The van der Waals surface area contributed by atoms with Gasteiger partial charge in [-0.15, -0.1) is 0 Å². The van der Waals surface area contributed by atoms with Crippen molar-refractivity contribution in [2.45, 2.75) is 25.9 Å². The number of aromatic nitrogens is 3. The van der Waals surface area contributed by atoms with Gasteiger partial charge in [-0.3, -0.25) is 15.5 Å². The molecule has 0 amide bonds. The van der Waals surface area contributed by atoms with Gasteiger partial charge in [0.1, 0.15) is 11.9 Å². The van der Waals surface area contributed by atoms with Crippen LogP contribution in [-0.2, 0) is 0 Å². The Morgan fingerprint density at radius 2 is 2.11 bits per heavy atom. The number of nitrogens with two attached hydrogens (primary N) is 1. The van der Waals surface area contributed by atoms with Crippen LogP contribution in [0.2, 0.25) is 5.02 Å². The number of hydrogen-bond acceptors (Lipinski definition) is 4. The van der Waals surface area contributed by atoms with E-state index < -0.39 is 11.9 Å². The van der Waals surface area contributed by atoms with Gasteiger partial charge in [0.15, 0.2) is 0 Å². The largest absolute Gasteiger partial charge is 0.270 e. The second-order valence-corrected chi connectivity index (χ2v) is 4.82. The van der Waals surface area contributed by atoms with Gasteiger partial charge in [0.25, 0.3) is 0 Å². The van der Waals surface area contributed by atoms with Crippen LogP contribution in [-0.4, -0.2) is 14.8 Å². The number of nitrogens with one attached hydrogen (secondary N) is 1. The zero-order chi connectivity index (χ0) is 14.0. The smallest absolute Gasteiger partial charge is 0.141 e. The molecule has 0 bridgehead atoms. The van der Waals surface area contributed by atoms with Gasteiger partial charge in [-0.25, -0.2) is 9.82 Å². The maximum atomic E-state index is 12.9. The molecule has 0 saturated heterocycles. The number of halogens is 2. The summed E-state index contributed by atoms with van der Waals surface area (Å²) >= 11 is 6.16. The van der Waals surface area contributed by atoms with Crippen LogP contribution in [0.4, 0.5) is 4.39 Å². The van der Waals surface area contributed by atoms with E-state index in [2.05, 4.69) is 15.5 Å². The SMILES string of the molecule is CC(C)n1ncc(Cl)c1C(NN)c1ccc(F)cn1. The van der Waals surface area contributed by atoms with Crippen molar-refractivity contribution in [1.29, 1.82) is 0 Å². The molecule has 0 radical (unpaired) electrons. The van der Waals surface area contributed by atoms with E-state index in [-0.39, 0.29) is 6.04 Å². The normalized spacial score (nSPS) is 12.9. The van der Waals surface area contributed by atoms with Gasteiger partial charge >= 0.3 is 0 Å². The number of rotatable bonds is 4. The lowest BCUT2D eigenvalue weighted by Crippen LogP contribution is -2.32. The zero-order valence-electron chi connectivity index (χ0n) is 10.6. The summed E-state index contributed by atoms with van der Waals surface area (Å²) in [5.74, 6) is 5.19. The lowest BCUT2D eigenvalue weighted by Gasteiger charge is -2.19. The minimum atomic E-state index is -0.446. The lowest BCUT2D eigenvalue weighted by atomic mass is 10.1. The molecule has 102 valence electrons. The summed E-state index contributed by atoms with van der Waals surface area (Å²) in [7, 11) is 0. The molecule has 0 aliphatic carbocycles. The Balaban J connectivity index is 2.47. The van der Waals surface area contributed by atoms with E-state index in [0.29, 0.717) is 16.4 Å². The Morgan fingerprint density at radius 1 is 1.37 bits per heavy atom. The van der Waals surface area contributed by atoms with Crippen molar-refractivity contribution in [2.75, 3.05) is 0 Å². The Labute approximate surface area is 115 Å². The topological polar surface area (TPSA) is 68.8 Å². The molecular formula is C12H15ClFN5. The van der Waals surface area contributed by atoms with Crippen molar-refractivity contribution in [3.63, 3.8) is 0 Å². The average molecular weight is 284 g/mol. The lowest BCUT2D eigenvalue weighted by molar-refractivity contribution is 0.472. The van der Waals surface area contributed by atoms with Crippen LogP contribution >= 0.6 is 11.6 Å². The molecule has 2 heterocycles. The van der Waals surface area contributed by atoms with E-state index in [9.17, 15) is 4.39 Å². The molecule has 1 atom stereocenters. The molecule has 2 aromatic heterocycles. The highest BCUT2D eigenvalue weighted by Crippen LogP contribution is 2.28. The summed E-state index contributed by atoms with van der Waals surface area (Å²) in [6.07, 6.45) is 2.70. The van der Waals surface area contributed by atoms with E-state index in [1.807, 2.05) is 13.8 Å². The van der Waals surface area contributed by atoms with Crippen LogP contribution in [0.5, 0.6) is 0 Å². The first-order valence-corrected chi connectivity index (χ1v) is 6.23. The fourth-order valence-electron chi connectivity index (χ4n) is 1.89. The molecule has 1 unspecified atom stereocenters. The van der Waals surface area contributed by atoms with Crippen molar-refractivity contribution < 1.29 is 4.39 Å². The van der Waals surface area contributed by atoms with Crippen molar-refractivity contribution >= 4 is 11.6 Å². The molecule has 2 aromatic rings. The third kappa shape index (κ3) is 2.75. The monoisotopic (exact) mass is 283 g/mol. The van der Waals surface area contributed by atoms with Crippen LogP contribution in [0.15, 0.2) is 24.5 Å². The highest BCUT2D eigenvalue weighted by molar-refractivity contribution is 6.31. The Hall–Kier alpha value is -1.50. The van der Waals surface area contributed by atoms with Gasteiger partial charge in [0, 0.05) is 6.04 Å². The second kappa shape index (κ2) is 5.64. The summed E-state index contributed by atoms with van der Waals surface area (Å²) < 4.78 is 14.7. The minimum Gasteiger partial charge on any atom is -0.270 e. The van der Waals surface area contributed by atoms with Crippen LogP contribution in [0.3, 0.4) is 0 Å². The minimum absolute atomic E-state index is 0.124. The standard InChI is InChI=1S/C12H15ClFN5/c1-7(2)19-12(9(13)6-17-19)11(18-15)10-4-3-8(14)5-16-10/h3-7,11,18H,15H2,1-2H3. The van der Waals surface area contributed by atoms with Gasteiger partial charge < -0.3 is 0 Å². The molecule has 7 heteroatoms. The van der Waals surface area contributed by atoms with Crippen molar-refractivity contribution in [3.8, 4) is 0 Å².